The fourth-order valence-electron chi connectivity index (χ4n) is 0.533. The number of hydrogen-bond donors (Lipinski definition) is 1. The molecule has 0 bridgehead atoms. The van der Waals surface area contributed by atoms with Gasteiger partial charge in [0, 0.05) is 6.20 Å². The van der Waals surface area contributed by atoms with Gasteiger partial charge in [-0.2, -0.15) is 9.78 Å². The van der Waals surface area contributed by atoms with Gasteiger partial charge in [0.1, 0.15) is 0 Å². The normalized spacial score (nSPS) is 9.44. The highest BCUT2D eigenvalue weighted by molar-refractivity contribution is 5.73. The van der Waals surface area contributed by atoms with Crippen molar-refractivity contribution in [3.63, 3.8) is 0 Å². The predicted molar refractivity (Wildman–Crippen MR) is 31.9 cm³/mol. The van der Waals surface area contributed by atoms with E-state index in [1.807, 2.05) is 6.92 Å². The third-order valence-electron chi connectivity index (χ3n) is 0.937. The molecule has 1 amide bonds. The van der Waals surface area contributed by atoms with Crippen LogP contribution in [0.2, 0.25) is 0 Å². The van der Waals surface area contributed by atoms with Gasteiger partial charge in [-0.3, -0.25) is 0 Å². The minimum Gasteiger partial charge on any atom is -0.350 e. The summed E-state index contributed by atoms with van der Waals surface area (Å²) < 4.78 is 1.09. The molecule has 0 aliphatic carbocycles. The van der Waals surface area contributed by atoms with Crippen molar-refractivity contribution in [1.82, 2.24) is 9.78 Å². The van der Waals surface area contributed by atoms with Crippen LogP contribution in [-0.2, 0) is 0 Å². The Balaban J connectivity index is 2.98. The van der Waals surface area contributed by atoms with Gasteiger partial charge in [0.05, 0.1) is 6.20 Å². The van der Waals surface area contributed by atoms with Gasteiger partial charge in [0.2, 0.25) is 0 Å². The maximum Gasteiger partial charge on any atom is 0.339 e. The molecule has 4 nitrogen and oxygen atoms in total. The quantitative estimate of drug-likeness (QED) is 0.535. The van der Waals surface area contributed by atoms with Crippen LogP contribution in [0.15, 0.2) is 12.4 Å². The van der Waals surface area contributed by atoms with Crippen molar-refractivity contribution in [2.75, 3.05) is 0 Å². The summed E-state index contributed by atoms with van der Waals surface area (Å²) in [5, 5.41) is 3.66. The molecule has 1 aromatic heterocycles. The van der Waals surface area contributed by atoms with E-state index in [1.165, 1.54) is 0 Å². The smallest absolute Gasteiger partial charge is 0.339 e. The van der Waals surface area contributed by atoms with Crippen molar-refractivity contribution < 1.29 is 4.79 Å². The first kappa shape index (κ1) is 5.81. The molecule has 2 N–H and O–H groups in total. The summed E-state index contributed by atoms with van der Waals surface area (Å²) in [6.07, 6.45) is 3.15. The van der Waals surface area contributed by atoms with Crippen molar-refractivity contribution in [2.45, 2.75) is 6.92 Å². The number of rotatable bonds is 0. The summed E-state index contributed by atoms with van der Waals surface area (Å²) in [7, 11) is 0. The number of carbonyl (C=O) groups excluding carboxylic acids is 1. The van der Waals surface area contributed by atoms with E-state index in [2.05, 4.69) is 5.10 Å². The van der Waals surface area contributed by atoms with E-state index in [9.17, 15) is 4.79 Å². The molecule has 0 saturated heterocycles. The summed E-state index contributed by atoms with van der Waals surface area (Å²) in [6.45, 7) is 1.84. The molecule has 4 heteroatoms. The van der Waals surface area contributed by atoms with E-state index in [0.29, 0.717) is 0 Å². The second-order valence-corrected chi connectivity index (χ2v) is 1.80. The van der Waals surface area contributed by atoms with Gasteiger partial charge in [0.25, 0.3) is 0 Å². The molecule has 1 rings (SSSR count). The second kappa shape index (κ2) is 1.89. The van der Waals surface area contributed by atoms with Crippen molar-refractivity contribution >= 4 is 6.03 Å². The number of nitrogens with two attached hydrogens (primary N) is 1. The number of carbonyl (C=O) groups is 1. The molecule has 48 valence electrons. The maximum atomic E-state index is 10.3. The molecule has 9 heavy (non-hydrogen) atoms. The van der Waals surface area contributed by atoms with Crippen LogP contribution >= 0.6 is 0 Å². The summed E-state index contributed by atoms with van der Waals surface area (Å²) in [5.74, 6) is 0. The zero-order valence-corrected chi connectivity index (χ0v) is 5.03. The molecular weight excluding hydrogens is 118 g/mol. The van der Waals surface area contributed by atoms with Crippen molar-refractivity contribution in [3.05, 3.63) is 18.0 Å². The Morgan fingerprint density at radius 2 is 2.56 bits per heavy atom. The Bertz CT molecular complexity index is 228. The topological polar surface area (TPSA) is 60.9 Å². The standard InChI is InChI=1S/C5H7N3O/c1-4-2-7-8(3-4)5(6)9/h2-3H,1H3,(H2,6,9). The van der Waals surface area contributed by atoms with Crippen LogP contribution in [-0.4, -0.2) is 15.8 Å². The first-order valence-corrected chi connectivity index (χ1v) is 2.51. The molecule has 0 aromatic carbocycles. The molecule has 0 atom stereocenters. The van der Waals surface area contributed by atoms with Crippen LogP contribution in [0.25, 0.3) is 0 Å². The number of nitrogens with zero attached hydrogens (tertiary/aromatic N) is 2. The SMILES string of the molecule is Cc1cnn(C(N)=O)c1. The molecule has 0 radical (unpaired) electrons. The Kier molecular flexibility index (Phi) is 1.22. The molecule has 1 heterocycles. The molecule has 0 aliphatic heterocycles. The van der Waals surface area contributed by atoms with Crippen molar-refractivity contribution in [3.8, 4) is 0 Å². The maximum absolute atomic E-state index is 10.3. The number of amides is 1. The van der Waals surface area contributed by atoms with Gasteiger partial charge < -0.3 is 5.73 Å². The Morgan fingerprint density at radius 1 is 1.89 bits per heavy atom. The highest BCUT2D eigenvalue weighted by Gasteiger charge is 1.96. The summed E-state index contributed by atoms with van der Waals surface area (Å²) in [6, 6.07) is -0.553. The highest BCUT2D eigenvalue weighted by atomic mass is 16.2. The zero-order chi connectivity index (χ0) is 6.85. The molecule has 0 saturated carbocycles. The van der Waals surface area contributed by atoms with Gasteiger partial charge in [-0.15, -0.1) is 0 Å². The van der Waals surface area contributed by atoms with Crippen LogP contribution in [0.4, 0.5) is 4.79 Å². The van der Waals surface area contributed by atoms with Crippen molar-refractivity contribution in [2.24, 2.45) is 5.73 Å². The zero-order valence-electron chi connectivity index (χ0n) is 5.03. The number of hydrogen-bond acceptors (Lipinski definition) is 2. The van der Waals surface area contributed by atoms with Gasteiger partial charge in [-0.1, -0.05) is 0 Å². The fraction of sp³-hybridized carbons (Fsp3) is 0.200. The van der Waals surface area contributed by atoms with E-state index in [-0.39, 0.29) is 0 Å². The van der Waals surface area contributed by atoms with Crippen LogP contribution in [0.3, 0.4) is 0 Å². The van der Waals surface area contributed by atoms with Crippen LogP contribution in [0.1, 0.15) is 5.56 Å². The minimum absolute atomic E-state index is 0.553. The first-order chi connectivity index (χ1) is 4.20. The third kappa shape index (κ3) is 1.07. The van der Waals surface area contributed by atoms with E-state index in [0.717, 1.165) is 10.2 Å². The molecule has 0 unspecified atom stereocenters. The lowest BCUT2D eigenvalue weighted by molar-refractivity contribution is 0.247. The lowest BCUT2D eigenvalue weighted by atomic mass is 10.4. The van der Waals surface area contributed by atoms with E-state index < -0.39 is 6.03 Å². The lowest BCUT2D eigenvalue weighted by Crippen LogP contribution is -2.19. The Labute approximate surface area is 52.3 Å². The van der Waals surface area contributed by atoms with Crippen LogP contribution in [0.5, 0.6) is 0 Å². The van der Waals surface area contributed by atoms with E-state index >= 15 is 0 Å². The number of primary amides is 1. The molecule has 1 aromatic rings. The number of aromatic nitrogens is 2. The largest absolute Gasteiger partial charge is 0.350 e. The van der Waals surface area contributed by atoms with E-state index in [1.54, 1.807) is 12.4 Å². The summed E-state index contributed by atoms with van der Waals surface area (Å²) >= 11 is 0. The van der Waals surface area contributed by atoms with E-state index in [4.69, 9.17) is 5.73 Å². The van der Waals surface area contributed by atoms with Crippen LogP contribution in [0, 0.1) is 6.92 Å². The molecule has 0 fully saturated rings. The minimum atomic E-state index is -0.553. The summed E-state index contributed by atoms with van der Waals surface area (Å²) in [4.78, 5) is 10.3. The fourth-order valence-corrected chi connectivity index (χ4v) is 0.533. The Morgan fingerprint density at radius 3 is 2.78 bits per heavy atom. The average Bonchev–Trinajstić information content (AvgIpc) is 2.14. The van der Waals surface area contributed by atoms with Gasteiger partial charge >= 0.3 is 6.03 Å². The van der Waals surface area contributed by atoms with Crippen LogP contribution < -0.4 is 5.73 Å². The van der Waals surface area contributed by atoms with Gasteiger partial charge in [-0.25, -0.2) is 4.79 Å². The summed E-state index contributed by atoms with van der Waals surface area (Å²) in [5.41, 5.74) is 5.81. The predicted octanol–water partition coefficient (Wildman–Crippen LogP) is 0.118. The Hall–Kier alpha value is -1.32. The van der Waals surface area contributed by atoms with Crippen molar-refractivity contribution in [1.29, 1.82) is 0 Å². The average molecular weight is 125 g/mol. The monoisotopic (exact) mass is 125 g/mol. The van der Waals surface area contributed by atoms with Gasteiger partial charge in [-0.05, 0) is 12.5 Å². The second-order valence-electron chi connectivity index (χ2n) is 1.80. The van der Waals surface area contributed by atoms with Gasteiger partial charge in [0.15, 0.2) is 0 Å². The third-order valence-corrected chi connectivity index (χ3v) is 0.937. The highest BCUT2D eigenvalue weighted by Crippen LogP contribution is 1.91. The number of aryl methyl sites for hydroxylation is 1. The molecular formula is C5H7N3O. The first-order valence-electron chi connectivity index (χ1n) is 2.51. The molecule has 0 spiro atoms. The molecule has 0 aliphatic rings. The lowest BCUT2D eigenvalue weighted by Gasteiger charge is -1.87.